The van der Waals surface area contributed by atoms with E-state index in [0.29, 0.717) is 36.6 Å². The molecule has 7 rings (SSSR count). The molecule has 4 atom stereocenters. The van der Waals surface area contributed by atoms with Crippen molar-refractivity contribution >= 4 is 5.78 Å². The van der Waals surface area contributed by atoms with Crippen LogP contribution < -0.4 is 0 Å². The minimum atomic E-state index is -0.859. The number of hydrogen-bond donors (Lipinski definition) is 2. The SMILES string of the molecule is CC1=CCCC2(C)C(CCC2(O)CN2CCC(Cc3ccccc3)CC2)c2ccc(cc2C(=O)c2ccco2)CC(O)CC1. The van der Waals surface area contributed by atoms with Crippen LogP contribution in [-0.2, 0) is 12.8 Å². The Labute approximate surface area is 263 Å². The fourth-order valence-electron chi connectivity index (χ4n) is 8.40. The number of carbonyl (C=O) groups excluding carboxylic acids is 1. The van der Waals surface area contributed by atoms with Gasteiger partial charge in [-0.25, -0.2) is 0 Å². The summed E-state index contributed by atoms with van der Waals surface area (Å²) in [4.78, 5) is 16.4. The summed E-state index contributed by atoms with van der Waals surface area (Å²) in [5, 5.41) is 23.5. The van der Waals surface area contributed by atoms with Gasteiger partial charge in [0, 0.05) is 17.5 Å². The molecule has 1 aromatic heterocycles. The Morgan fingerprint density at radius 3 is 2.55 bits per heavy atom. The predicted molar refractivity (Wildman–Crippen MR) is 175 cm³/mol. The number of β-amino-alcohol motifs (C(OH)–C–C–N with tert-alkyl or cyclic N) is 1. The van der Waals surface area contributed by atoms with Gasteiger partial charge in [0.1, 0.15) is 0 Å². The summed E-state index contributed by atoms with van der Waals surface area (Å²) in [5.41, 5.74) is 4.06. The van der Waals surface area contributed by atoms with Crippen molar-refractivity contribution in [3.63, 3.8) is 0 Å². The minimum absolute atomic E-state index is 0.0349. The van der Waals surface area contributed by atoms with Crippen molar-refractivity contribution in [2.45, 2.75) is 95.7 Å². The Bertz CT molecular complexity index is 1440. The molecule has 234 valence electrons. The van der Waals surface area contributed by atoms with Crippen LogP contribution >= 0.6 is 0 Å². The number of aliphatic hydroxyl groups is 2. The summed E-state index contributed by atoms with van der Waals surface area (Å²) in [6.45, 7) is 7.14. The Balaban J connectivity index is 1.29. The van der Waals surface area contributed by atoms with Crippen molar-refractivity contribution in [3.8, 4) is 0 Å². The fraction of sp³-hybridized carbons (Fsp3) is 0.513. The van der Waals surface area contributed by atoms with Gasteiger partial charge in [-0.15, -0.1) is 0 Å². The molecule has 2 aromatic carbocycles. The number of aliphatic hydroxyl groups excluding tert-OH is 1. The van der Waals surface area contributed by atoms with Crippen molar-refractivity contribution in [1.82, 2.24) is 4.90 Å². The summed E-state index contributed by atoms with van der Waals surface area (Å²) in [5.74, 6) is 0.928. The summed E-state index contributed by atoms with van der Waals surface area (Å²) in [6.07, 6.45) is 12.1. The zero-order valence-electron chi connectivity index (χ0n) is 26.5. The molecule has 1 saturated carbocycles. The number of likely N-dealkylation sites (tertiary alicyclic amines) is 1. The monoisotopic (exact) mass is 595 g/mol. The second-order valence-corrected chi connectivity index (χ2v) is 14.2. The van der Waals surface area contributed by atoms with E-state index in [-0.39, 0.29) is 11.7 Å². The van der Waals surface area contributed by atoms with Gasteiger partial charge >= 0.3 is 0 Å². The number of piperidine rings is 1. The van der Waals surface area contributed by atoms with Gasteiger partial charge in [0.25, 0.3) is 0 Å². The Hall–Kier alpha value is -2.99. The summed E-state index contributed by atoms with van der Waals surface area (Å²) < 4.78 is 5.57. The van der Waals surface area contributed by atoms with E-state index in [4.69, 9.17) is 4.42 Å². The van der Waals surface area contributed by atoms with Crippen LogP contribution in [0, 0.1) is 11.3 Å². The molecule has 0 spiro atoms. The molecule has 2 bridgehead atoms. The third kappa shape index (κ3) is 6.51. The molecule has 44 heavy (non-hydrogen) atoms. The molecule has 0 radical (unpaired) electrons. The van der Waals surface area contributed by atoms with Crippen LogP contribution in [0.15, 0.2) is 83.0 Å². The first kappa shape index (κ1) is 31.0. The molecule has 1 aliphatic heterocycles. The van der Waals surface area contributed by atoms with E-state index in [9.17, 15) is 15.0 Å². The largest absolute Gasteiger partial charge is 0.461 e. The number of carbonyl (C=O) groups is 1. The first-order valence-corrected chi connectivity index (χ1v) is 16.8. The van der Waals surface area contributed by atoms with E-state index in [2.05, 4.69) is 67.3 Å². The maximum Gasteiger partial charge on any atom is 0.228 e. The second kappa shape index (κ2) is 13.2. The Morgan fingerprint density at radius 2 is 1.80 bits per heavy atom. The number of ketones is 1. The average Bonchev–Trinajstić information content (AvgIpc) is 3.64. The molecule has 3 aromatic rings. The van der Waals surface area contributed by atoms with E-state index in [1.165, 1.54) is 11.1 Å². The van der Waals surface area contributed by atoms with Crippen molar-refractivity contribution in [2.75, 3.05) is 19.6 Å². The number of rotatable bonds is 6. The number of nitrogens with zero attached hydrogens (tertiary/aromatic N) is 1. The number of benzene rings is 2. The van der Waals surface area contributed by atoms with Crippen molar-refractivity contribution in [3.05, 3.63) is 107 Å². The predicted octanol–water partition coefficient (Wildman–Crippen LogP) is 7.50. The van der Waals surface area contributed by atoms with Crippen LogP contribution in [0.4, 0.5) is 0 Å². The molecule has 4 unspecified atom stereocenters. The second-order valence-electron chi connectivity index (χ2n) is 14.2. The lowest BCUT2D eigenvalue weighted by atomic mass is 9.64. The zero-order chi connectivity index (χ0) is 30.7. The van der Waals surface area contributed by atoms with Crippen molar-refractivity contribution in [2.24, 2.45) is 11.3 Å². The first-order valence-electron chi connectivity index (χ1n) is 16.8. The van der Waals surface area contributed by atoms with Crippen LogP contribution in [0.2, 0.25) is 0 Å². The highest BCUT2D eigenvalue weighted by Crippen LogP contribution is 2.59. The van der Waals surface area contributed by atoms with Gasteiger partial charge in [-0.3, -0.25) is 4.79 Å². The highest BCUT2D eigenvalue weighted by atomic mass is 16.3. The minimum Gasteiger partial charge on any atom is -0.461 e. The van der Waals surface area contributed by atoms with Gasteiger partial charge in [-0.05, 0) is 131 Å². The summed E-state index contributed by atoms with van der Waals surface area (Å²) >= 11 is 0. The molecule has 1 saturated heterocycles. The van der Waals surface area contributed by atoms with Gasteiger partial charge in [-0.1, -0.05) is 61.0 Å². The molecule has 0 amide bonds. The van der Waals surface area contributed by atoms with Gasteiger partial charge in [0.15, 0.2) is 5.76 Å². The third-order valence-electron chi connectivity index (χ3n) is 11.2. The Morgan fingerprint density at radius 1 is 1.00 bits per heavy atom. The van der Waals surface area contributed by atoms with Gasteiger partial charge < -0.3 is 19.5 Å². The molecular weight excluding hydrogens is 546 g/mol. The fourth-order valence-corrected chi connectivity index (χ4v) is 8.40. The number of allylic oxidation sites excluding steroid dienone is 2. The van der Waals surface area contributed by atoms with Crippen LogP contribution in [0.5, 0.6) is 0 Å². The van der Waals surface area contributed by atoms with Crippen LogP contribution in [0.25, 0.3) is 0 Å². The molecule has 2 N–H and O–H groups in total. The van der Waals surface area contributed by atoms with Gasteiger partial charge in [0.05, 0.1) is 18.0 Å². The lowest BCUT2D eigenvalue weighted by molar-refractivity contribution is -0.0873. The molecule has 4 aliphatic rings. The van der Waals surface area contributed by atoms with E-state index < -0.39 is 17.1 Å². The van der Waals surface area contributed by atoms with Crippen LogP contribution in [0.3, 0.4) is 0 Å². The Kier molecular flexibility index (Phi) is 9.28. The van der Waals surface area contributed by atoms with Gasteiger partial charge in [-0.2, -0.15) is 0 Å². The summed E-state index contributed by atoms with van der Waals surface area (Å²) in [6, 6.07) is 20.5. The standard InChI is InChI=1S/C39H49NO4/c1-28-8-6-19-38(2)35(16-20-39(38,43)27-40-21-17-30(18-22-40)24-29-9-4-3-5-10-29)33-15-13-31(25-32(41)14-12-28)26-34(33)37(42)36-11-7-23-44-36/h3-5,7-11,13,15,23,26,30,32,35,41,43H,6,12,14,16-22,24-25,27H2,1-2H3. The molecule has 5 heteroatoms. The quantitative estimate of drug-likeness (QED) is 0.228. The number of hydrogen-bond acceptors (Lipinski definition) is 5. The van der Waals surface area contributed by atoms with Crippen molar-refractivity contribution < 1.29 is 19.4 Å². The lowest BCUT2D eigenvalue weighted by Gasteiger charge is -2.47. The molecule has 3 aliphatic carbocycles. The molecule has 5 nitrogen and oxygen atoms in total. The molecular formula is C39H49NO4. The number of fused-ring (bicyclic) bond motifs is 8. The van der Waals surface area contributed by atoms with Crippen molar-refractivity contribution in [1.29, 1.82) is 0 Å². The third-order valence-corrected chi connectivity index (χ3v) is 11.2. The average molecular weight is 596 g/mol. The van der Waals surface area contributed by atoms with E-state index in [1.54, 1.807) is 18.4 Å². The van der Waals surface area contributed by atoms with Crippen LogP contribution in [0.1, 0.15) is 104 Å². The summed E-state index contributed by atoms with van der Waals surface area (Å²) in [7, 11) is 0. The van der Waals surface area contributed by atoms with Gasteiger partial charge in [0.2, 0.25) is 5.78 Å². The molecule has 2 heterocycles. The first-order chi connectivity index (χ1) is 21.2. The maximum absolute atomic E-state index is 13.9. The topological polar surface area (TPSA) is 73.9 Å². The highest BCUT2D eigenvalue weighted by molar-refractivity contribution is 6.08. The van der Waals surface area contributed by atoms with E-state index >= 15 is 0 Å². The smallest absolute Gasteiger partial charge is 0.228 e. The number of furan rings is 1. The maximum atomic E-state index is 13.9. The van der Waals surface area contributed by atoms with E-state index in [0.717, 1.165) is 75.6 Å². The normalized spacial score (nSPS) is 28.8. The highest BCUT2D eigenvalue weighted by Gasteiger charge is 2.57. The lowest BCUT2D eigenvalue weighted by Crippen LogP contribution is -2.53. The molecule has 2 fully saturated rings. The van der Waals surface area contributed by atoms with E-state index in [1.807, 2.05) is 6.07 Å². The zero-order valence-corrected chi connectivity index (χ0v) is 26.5. The van der Waals surface area contributed by atoms with Crippen LogP contribution in [-0.4, -0.2) is 52.2 Å².